The quantitative estimate of drug-likeness (QED) is 0.780. The Morgan fingerprint density at radius 1 is 1.68 bits per heavy atom. The standard InChI is InChI=1S/C13H19N3O3/c1-8(17)9-3-4-16(7-9)12-11(13(18)19-2)5-10(14)6-15-12/h5-6,8-9,17H,3-4,7,14H2,1-2H3. The van der Waals surface area contributed by atoms with E-state index in [1.807, 2.05) is 4.90 Å². The van der Waals surface area contributed by atoms with Gasteiger partial charge in [-0.2, -0.15) is 0 Å². The molecule has 0 radical (unpaired) electrons. The number of rotatable bonds is 3. The molecule has 1 aliphatic heterocycles. The van der Waals surface area contributed by atoms with Crippen LogP contribution in [0.1, 0.15) is 23.7 Å². The summed E-state index contributed by atoms with van der Waals surface area (Å²) in [5, 5.41) is 9.63. The molecule has 1 aliphatic rings. The van der Waals surface area contributed by atoms with Gasteiger partial charge >= 0.3 is 5.97 Å². The molecule has 0 aromatic carbocycles. The van der Waals surface area contributed by atoms with E-state index in [0.717, 1.165) is 13.0 Å². The highest BCUT2D eigenvalue weighted by atomic mass is 16.5. The average Bonchev–Trinajstić information content (AvgIpc) is 2.87. The third kappa shape index (κ3) is 2.78. The van der Waals surface area contributed by atoms with E-state index < -0.39 is 5.97 Å². The number of ether oxygens (including phenoxy) is 1. The SMILES string of the molecule is COC(=O)c1cc(N)cnc1N1CCC(C(C)O)C1. The Morgan fingerprint density at radius 3 is 3.00 bits per heavy atom. The number of methoxy groups -OCH3 is 1. The van der Waals surface area contributed by atoms with Crippen LogP contribution in [-0.4, -0.2) is 42.4 Å². The van der Waals surface area contributed by atoms with Crippen molar-refractivity contribution in [2.45, 2.75) is 19.4 Å². The highest BCUT2D eigenvalue weighted by Crippen LogP contribution is 2.28. The maximum absolute atomic E-state index is 11.8. The number of nitrogen functional groups attached to an aromatic ring is 1. The summed E-state index contributed by atoms with van der Waals surface area (Å²) in [6.07, 6.45) is 2.04. The predicted molar refractivity (Wildman–Crippen MR) is 72.0 cm³/mol. The molecule has 104 valence electrons. The highest BCUT2D eigenvalue weighted by Gasteiger charge is 2.29. The van der Waals surface area contributed by atoms with Crippen LogP contribution < -0.4 is 10.6 Å². The lowest BCUT2D eigenvalue weighted by atomic mass is 10.0. The molecule has 0 bridgehead atoms. The number of pyridine rings is 1. The first-order valence-corrected chi connectivity index (χ1v) is 6.29. The molecule has 0 amide bonds. The minimum atomic E-state index is -0.449. The van der Waals surface area contributed by atoms with Gasteiger partial charge in [0.1, 0.15) is 11.4 Å². The van der Waals surface area contributed by atoms with Crippen molar-refractivity contribution < 1.29 is 14.6 Å². The molecule has 6 heteroatoms. The number of anilines is 2. The molecule has 2 atom stereocenters. The van der Waals surface area contributed by atoms with Gasteiger partial charge in [0.25, 0.3) is 0 Å². The molecule has 0 saturated carbocycles. The van der Waals surface area contributed by atoms with Gasteiger partial charge in [-0.25, -0.2) is 9.78 Å². The molecular formula is C13H19N3O3. The van der Waals surface area contributed by atoms with Crippen LogP contribution >= 0.6 is 0 Å². The van der Waals surface area contributed by atoms with Crippen LogP contribution in [0.2, 0.25) is 0 Å². The van der Waals surface area contributed by atoms with Gasteiger partial charge in [-0.3, -0.25) is 0 Å². The second-order valence-electron chi connectivity index (χ2n) is 4.87. The van der Waals surface area contributed by atoms with Crippen LogP contribution in [0, 0.1) is 5.92 Å². The summed E-state index contributed by atoms with van der Waals surface area (Å²) in [7, 11) is 1.33. The van der Waals surface area contributed by atoms with Crippen LogP contribution in [-0.2, 0) is 4.74 Å². The minimum absolute atomic E-state index is 0.199. The Hall–Kier alpha value is -1.82. The van der Waals surface area contributed by atoms with Gasteiger partial charge in [0.05, 0.1) is 25.1 Å². The van der Waals surface area contributed by atoms with Crippen LogP contribution in [0.25, 0.3) is 0 Å². The Labute approximate surface area is 112 Å². The zero-order valence-electron chi connectivity index (χ0n) is 11.2. The molecule has 1 saturated heterocycles. The smallest absolute Gasteiger partial charge is 0.341 e. The number of aromatic nitrogens is 1. The molecule has 3 N–H and O–H groups in total. The van der Waals surface area contributed by atoms with E-state index in [1.54, 1.807) is 13.0 Å². The van der Waals surface area contributed by atoms with Crippen molar-refractivity contribution in [2.75, 3.05) is 30.8 Å². The molecular weight excluding hydrogens is 246 g/mol. The van der Waals surface area contributed by atoms with Gasteiger partial charge in [0.15, 0.2) is 0 Å². The van der Waals surface area contributed by atoms with Crippen molar-refractivity contribution in [2.24, 2.45) is 5.92 Å². The fourth-order valence-electron chi connectivity index (χ4n) is 2.36. The zero-order chi connectivity index (χ0) is 14.0. The van der Waals surface area contributed by atoms with E-state index in [9.17, 15) is 9.90 Å². The van der Waals surface area contributed by atoms with Crippen LogP contribution in [0.5, 0.6) is 0 Å². The Bertz CT molecular complexity index is 476. The van der Waals surface area contributed by atoms with Gasteiger partial charge in [-0.05, 0) is 19.4 Å². The van der Waals surface area contributed by atoms with Gasteiger partial charge in [-0.1, -0.05) is 0 Å². The van der Waals surface area contributed by atoms with Gasteiger partial charge in [-0.15, -0.1) is 0 Å². The molecule has 1 aromatic rings. The lowest BCUT2D eigenvalue weighted by Crippen LogP contribution is -2.26. The van der Waals surface area contributed by atoms with Crippen molar-refractivity contribution >= 4 is 17.5 Å². The first kappa shape index (κ1) is 13.6. The summed E-state index contributed by atoms with van der Waals surface area (Å²) in [6.45, 7) is 3.22. The Kier molecular flexibility index (Phi) is 3.90. The molecule has 0 spiro atoms. The summed E-state index contributed by atoms with van der Waals surface area (Å²) < 4.78 is 4.76. The summed E-state index contributed by atoms with van der Waals surface area (Å²) in [6, 6.07) is 1.57. The fourth-order valence-corrected chi connectivity index (χ4v) is 2.36. The summed E-state index contributed by atoms with van der Waals surface area (Å²) in [5.74, 6) is 0.323. The van der Waals surface area contributed by atoms with Crippen molar-refractivity contribution in [3.05, 3.63) is 17.8 Å². The molecule has 2 rings (SSSR count). The lowest BCUT2D eigenvalue weighted by Gasteiger charge is -2.20. The Morgan fingerprint density at radius 2 is 2.42 bits per heavy atom. The van der Waals surface area contributed by atoms with E-state index in [4.69, 9.17) is 10.5 Å². The second-order valence-corrected chi connectivity index (χ2v) is 4.87. The van der Waals surface area contributed by atoms with E-state index in [1.165, 1.54) is 13.3 Å². The van der Waals surface area contributed by atoms with Gasteiger partial charge in [0.2, 0.25) is 0 Å². The zero-order valence-corrected chi connectivity index (χ0v) is 11.2. The van der Waals surface area contributed by atoms with Gasteiger partial charge in [0, 0.05) is 19.0 Å². The lowest BCUT2D eigenvalue weighted by molar-refractivity contribution is 0.0601. The third-order valence-electron chi connectivity index (χ3n) is 3.50. The Balaban J connectivity index is 2.28. The van der Waals surface area contributed by atoms with Crippen LogP contribution in [0.15, 0.2) is 12.3 Å². The van der Waals surface area contributed by atoms with Crippen molar-refractivity contribution in [3.8, 4) is 0 Å². The van der Waals surface area contributed by atoms with E-state index in [0.29, 0.717) is 23.6 Å². The number of aliphatic hydroxyl groups excluding tert-OH is 1. The number of esters is 1. The monoisotopic (exact) mass is 265 g/mol. The van der Waals surface area contributed by atoms with Crippen molar-refractivity contribution in [1.29, 1.82) is 0 Å². The summed E-state index contributed by atoms with van der Waals surface area (Å²) in [4.78, 5) is 18.0. The van der Waals surface area contributed by atoms with Crippen LogP contribution in [0.4, 0.5) is 11.5 Å². The summed E-state index contributed by atoms with van der Waals surface area (Å²) in [5.41, 5.74) is 6.46. The molecule has 2 unspecified atom stereocenters. The van der Waals surface area contributed by atoms with Crippen molar-refractivity contribution in [1.82, 2.24) is 4.98 Å². The number of hydrogen-bond acceptors (Lipinski definition) is 6. The van der Waals surface area contributed by atoms with E-state index in [2.05, 4.69) is 4.98 Å². The number of nitrogens with zero attached hydrogens (tertiary/aromatic N) is 2. The maximum Gasteiger partial charge on any atom is 0.341 e. The molecule has 0 aliphatic carbocycles. The second kappa shape index (κ2) is 5.44. The number of hydrogen-bond donors (Lipinski definition) is 2. The number of nitrogens with two attached hydrogens (primary N) is 1. The number of carbonyl (C=O) groups is 1. The number of carbonyl (C=O) groups excluding carboxylic acids is 1. The third-order valence-corrected chi connectivity index (χ3v) is 3.50. The molecule has 19 heavy (non-hydrogen) atoms. The first-order chi connectivity index (χ1) is 9.02. The minimum Gasteiger partial charge on any atom is -0.465 e. The topological polar surface area (TPSA) is 88.7 Å². The molecule has 2 heterocycles. The fraction of sp³-hybridized carbons (Fsp3) is 0.538. The van der Waals surface area contributed by atoms with Crippen molar-refractivity contribution in [3.63, 3.8) is 0 Å². The largest absolute Gasteiger partial charge is 0.465 e. The maximum atomic E-state index is 11.8. The normalized spacial score (nSPS) is 20.4. The summed E-state index contributed by atoms with van der Waals surface area (Å²) >= 11 is 0. The molecule has 1 fully saturated rings. The average molecular weight is 265 g/mol. The van der Waals surface area contributed by atoms with Gasteiger partial charge < -0.3 is 20.5 Å². The highest BCUT2D eigenvalue weighted by molar-refractivity contribution is 5.95. The molecule has 6 nitrogen and oxygen atoms in total. The van der Waals surface area contributed by atoms with Crippen LogP contribution in [0.3, 0.4) is 0 Å². The van der Waals surface area contributed by atoms with E-state index >= 15 is 0 Å². The molecule has 1 aromatic heterocycles. The first-order valence-electron chi connectivity index (χ1n) is 6.29. The predicted octanol–water partition coefficient (Wildman–Crippen LogP) is 0.657. The van der Waals surface area contributed by atoms with E-state index in [-0.39, 0.29) is 12.0 Å². The number of aliphatic hydroxyl groups is 1.